The van der Waals surface area contributed by atoms with Gasteiger partial charge in [-0.05, 0) is 18.2 Å². The average molecular weight is 315 g/mol. The van der Waals surface area contributed by atoms with Gasteiger partial charge < -0.3 is 10.1 Å². The van der Waals surface area contributed by atoms with Gasteiger partial charge in [0.25, 0.3) is 0 Å². The molecule has 104 valence electrons. The van der Waals surface area contributed by atoms with E-state index >= 15 is 0 Å². The van der Waals surface area contributed by atoms with Crippen molar-refractivity contribution in [1.82, 2.24) is 9.55 Å². The fourth-order valence-electron chi connectivity index (χ4n) is 1.63. The van der Waals surface area contributed by atoms with Crippen LogP contribution in [-0.4, -0.2) is 26.4 Å². The highest BCUT2D eigenvalue weighted by atomic mass is 35.5. The first-order valence-corrected chi connectivity index (χ1v) is 6.15. The van der Waals surface area contributed by atoms with Gasteiger partial charge in [0.05, 0.1) is 5.02 Å². The molecule has 2 rings (SSSR count). The third-order valence-corrected chi connectivity index (χ3v) is 3.06. The van der Waals surface area contributed by atoms with Gasteiger partial charge in [-0.1, -0.05) is 23.2 Å². The van der Waals surface area contributed by atoms with E-state index < -0.39 is 24.0 Å². The van der Waals surface area contributed by atoms with Gasteiger partial charge in [0.1, 0.15) is 12.2 Å². The average Bonchev–Trinajstić information content (AvgIpc) is 2.69. The summed E-state index contributed by atoms with van der Waals surface area (Å²) in [5.74, 6) is -1.71. The smallest absolute Gasteiger partial charge is 0.326 e. The molecule has 0 spiro atoms. The van der Waals surface area contributed by atoms with E-state index in [0.717, 1.165) is 10.8 Å². The number of carbonyl (C=O) groups is 2. The summed E-state index contributed by atoms with van der Waals surface area (Å²) in [6.45, 7) is -0.531. The SMILES string of the molecule is O=C(O)Cn1cc(C(=O)c2ccc(Cl)cc2Cl)[nH]c1=O. The Morgan fingerprint density at radius 1 is 1.30 bits per heavy atom. The van der Waals surface area contributed by atoms with Gasteiger partial charge in [0.15, 0.2) is 0 Å². The molecule has 2 N–H and O–H groups in total. The maximum absolute atomic E-state index is 12.2. The van der Waals surface area contributed by atoms with Crippen molar-refractivity contribution in [3.63, 3.8) is 0 Å². The Kier molecular flexibility index (Phi) is 3.96. The molecular formula is C12H8Cl2N2O4. The summed E-state index contributed by atoms with van der Waals surface area (Å²) in [5, 5.41) is 9.16. The van der Waals surface area contributed by atoms with E-state index in [1.54, 1.807) is 0 Å². The summed E-state index contributed by atoms with van der Waals surface area (Å²) in [5.41, 5.74) is -0.555. The number of nitrogens with one attached hydrogen (secondary N) is 1. The van der Waals surface area contributed by atoms with Gasteiger partial charge in [-0.15, -0.1) is 0 Å². The van der Waals surface area contributed by atoms with E-state index in [0.29, 0.717) is 5.02 Å². The van der Waals surface area contributed by atoms with Crippen LogP contribution in [0.5, 0.6) is 0 Å². The maximum atomic E-state index is 12.2. The zero-order valence-corrected chi connectivity index (χ0v) is 11.4. The number of aromatic nitrogens is 2. The first kappa shape index (κ1) is 14.4. The molecular weight excluding hydrogens is 307 g/mol. The number of hydrogen-bond donors (Lipinski definition) is 2. The first-order chi connectivity index (χ1) is 9.38. The topological polar surface area (TPSA) is 92.2 Å². The van der Waals surface area contributed by atoms with E-state index in [1.165, 1.54) is 18.2 Å². The van der Waals surface area contributed by atoms with Gasteiger partial charge >= 0.3 is 11.7 Å². The van der Waals surface area contributed by atoms with E-state index in [9.17, 15) is 14.4 Å². The quantitative estimate of drug-likeness (QED) is 0.842. The van der Waals surface area contributed by atoms with Crippen molar-refractivity contribution in [1.29, 1.82) is 0 Å². The van der Waals surface area contributed by atoms with Crippen LogP contribution in [0.1, 0.15) is 16.1 Å². The number of hydrogen-bond acceptors (Lipinski definition) is 3. The molecule has 0 saturated carbocycles. The molecule has 0 aliphatic heterocycles. The molecule has 1 aromatic heterocycles. The monoisotopic (exact) mass is 314 g/mol. The van der Waals surface area contributed by atoms with Gasteiger partial charge in [-0.3, -0.25) is 14.2 Å². The Morgan fingerprint density at radius 3 is 2.60 bits per heavy atom. The standard InChI is InChI=1S/C12H8Cl2N2O4/c13-6-1-2-7(8(14)3-6)11(19)9-4-16(5-10(17)18)12(20)15-9/h1-4H,5H2,(H,15,20)(H,17,18). The van der Waals surface area contributed by atoms with E-state index in [4.69, 9.17) is 28.3 Å². The van der Waals surface area contributed by atoms with Crippen LogP contribution in [0.25, 0.3) is 0 Å². The number of carboxylic acids is 1. The summed E-state index contributed by atoms with van der Waals surface area (Å²) < 4.78 is 0.888. The third-order valence-electron chi connectivity index (χ3n) is 2.51. The molecule has 2 aromatic rings. The molecule has 0 bridgehead atoms. The Morgan fingerprint density at radius 2 is 2.00 bits per heavy atom. The van der Waals surface area contributed by atoms with Crippen molar-refractivity contribution in [3.8, 4) is 0 Å². The molecule has 6 nitrogen and oxygen atoms in total. The molecule has 0 aliphatic rings. The Labute approximate surface area is 122 Å². The summed E-state index contributed by atoms with van der Waals surface area (Å²) >= 11 is 11.6. The van der Waals surface area contributed by atoms with Gasteiger partial charge in [-0.2, -0.15) is 0 Å². The minimum Gasteiger partial charge on any atom is -0.480 e. The number of ketones is 1. The number of imidazole rings is 1. The molecule has 1 aromatic carbocycles. The Balaban J connectivity index is 2.39. The maximum Gasteiger partial charge on any atom is 0.326 e. The highest BCUT2D eigenvalue weighted by molar-refractivity contribution is 6.37. The van der Waals surface area contributed by atoms with E-state index in [1.807, 2.05) is 0 Å². The number of aliphatic carboxylic acids is 1. The molecule has 0 atom stereocenters. The first-order valence-electron chi connectivity index (χ1n) is 5.39. The number of carbonyl (C=O) groups excluding carboxylic acids is 1. The molecule has 1 heterocycles. The zero-order chi connectivity index (χ0) is 14.9. The van der Waals surface area contributed by atoms with Gasteiger partial charge in [0, 0.05) is 16.8 Å². The molecule has 0 unspecified atom stereocenters. The summed E-state index contributed by atoms with van der Waals surface area (Å²) in [6, 6.07) is 4.33. The summed E-state index contributed by atoms with van der Waals surface area (Å²) in [6.07, 6.45) is 1.14. The third kappa shape index (κ3) is 2.92. The van der Waals surface area contributed by atoms with Crippen LogP contribution in [0.4, 0.5) is 0 Å². The summed E-state index contributed by atoms with van der Waals surface area (Å²) in [4.78, 5) is 36.5. The molecule has 0 amide bonds. The van der Waals surface area contributed by atoms with Crippen molar-refractivity contribution in [2.24, 2.45) is 0 Å². The molecule has 0 saturated heterocycles. The Bertz CT molecular complexity index is 748. The number of aromatic amines is 1. The lowest BCUT2D eigenvalue weighted by Crippen LogP contribution is -2.20. The largest absolute Gasteiger partial charge is 0.480 e. The highest BCUT2D eigenvalue weighted by Gasteiger charge is 2.17. The molecule has 8 heteroatoms. The number of rotatable bonds is 4. The second-order valence-electron chi connectivity index (χ2n) is 3.95. The Hall–Kier alpha value is -2.05. The van der Waals surface area contributed by atoms with Crippen LogP contribution in [0.3, 0.4) is 0 Å². The highest BCUT2D eigenvalue weighted by Crippen LogP contribution is 2.22. The second-order valence-corrected chi connectivity index (χ2v) is 4.79. The second kappa shape index (κ2) is 5.52. The van der Waals surface area contributed by atoms with Crippen LogP contribution >= 0.6 is 23.2 Å². The number of nitrogens with zero attached hydrogens (tertiary/aromatic N) is 1. The van der Waals surface area contributed by atoms with Crippen molar-refractivity contribution >= 4 is 35.0 Å². The minimum atomic E-state index is -1.19. The van der Waals surface area contributed by atoms with Crippen LogP contribution < -0.4 is 5.69 Å². The number of halogens is 2. The predicted octanol–water partition coefficient (Wildman–Crippen LogP) is 1.80. The van der Waals surface area contributed by atoms with Gasteiger partial charge in [-0.25, -0.2) is 4.79 Å². The lowest BCUT2D eigenvalue weighted by molar-refractivity contribution is -0.137. The fourth-order valence-corrected chi connectivity index (χ4v) is 2.13. The predicted molar refractivity (Wildman–Crippen MR) is 72.6 cm³/mol. The normalized spacial score (nSPS) is 10.5. The minimum absolute atomic E-state index is 0.0412. The van der Waals surface area contributed by atoms with Crippen LogP contribution in [-0.2, 0) is 11.3 Å². The number of H-pyrrole nitrogens is 1. The number of carboxylic acid groups (broad SMARTS) is 1. The van der Waals surface area contributed by atoms with Crippen LogP contribution in [0.2, 0.25) is 10.0 Å². The summed E-state index contributed by atoms with van der Waals surface area (Å²) in [7, 11) is 0. The van der Waals surface area contributed by atoms with E-state index in [-0.39, 0.29) is 16.3 Å². The molecule has 0 fully saturated rings. The zero-order valence-electron chi connectivity index (χ0n) is 9.89. The van der Waals surface area contributed by atoms with Gasteiger partial charge in [0.2, 0.25) is 5.78 Å². The van der Waals surface area contributed by atoms with Crippen LogP contribution in [0.15, 0.2) is 29.2 Å². The molecule has 20 heavy (non-hydrogen) atoms. The number of benzene rings is 1. The van der Waals surface area contributed by atoms with Crippen molar-refractivity contribution in [2.45, 2.75) is 6.54 Å². The van der Waals surface area contributed by atoms with Crippen molar-refractivity contribution < 1.29 is 14.7 Å². The van der Waals surface area contributed by atoms with Crippen LogP contribution in [0, 0.1) is 0 Å². The lowest BCUT2D eigenvalue weighted by atomic mass is 10.1. The van der Waals surface area contributed by atoms with Crippen molar-refractivity contribution in [3.05, 3.63) is 56.2 Å². The van der Waals surface area contributed by atoms with Crippen molar-refractivity contribution in [2.75, 3.05) is 0 Å². The molecule has 0 aliphatic carbocycles. The fraction of sp³-hybridized carbons (Fsp3) is 0.0833. The van der Waals surface area contributed by atoms with E-state index in [2.05, 4.69) is 4.98 Å². The molecule has 0 radical (unpaired) electrons. The lowest BCUT2D eigenvalue weighted by Gasteiger charge is -2.01.